The molecule has 5 nitrogen and oxygen atoms in total. The van der Waals surface area contributed by atoms with Crippen molar-refractivity contribution in [1.82, 2.24) is 9.88 Å². The van der Waals surface area contributed by atoms with Crippen LogP contribution in [0.15, 0.2) is 12.1 Å². The van der Waals surface area contributed by atoms with Gasteiger partial charge in [-0.1, -0.05) is 0 Å². The highest BCUT2D eigenvalue weighted by Crippen LogP contribution is 2.18. The third-order valence-corrected chi connectivity index (χ3v) is 3.55. The zero-order valence-corrected chi connectivity index (χ0v) is 11.4. The molecule has 1 atom stereocenters. The van der Waals surface area contributed by atoms with E-state index in [-0.39, 0.29) is 5.56 Å². The number of carboxylic acid groups (broad SMARTS) is 1. The number of carbonyl (C=O) groups is 1. The summed E-state index contributed by atoms with van der Waals surface area (Å²) in [5, 5.41) is 8.98. The number of nitrogens with zero attached hydrogens (tertiary/aromatic N) is 2. The first-order valence-corrected chi connectivity index (χ1v) is 6.61. The Labute approximate surface area is 113 Å². The minimum atomic E-state index is -0.953. The van der Waals surface area contributed by atoms with Crippen molar-refractivity contribution in [1.29, 1.82) is 0 Å². The van der Waals surface area contributed by atoms with Gasteiger partial charge in [-0.15, -0.1) is 0 Å². The number of likely N-dealkylation sites (tertiary alicyclic amines) is 1. The van der Waals surface area contributed by atoms with Crippen LogP contribution < -0.4 is 4.74 Å². The fourth-order valence-electron chi connectivity index (χ4n) is 2.48. The summed E-state index contributed by atoms with van der Waals surface area (Å²) >= 11 is 0. The zero-order chi connectivity index (χ0) is 13.8. The lowest BCUT2D eigenvalue weighted by Crippen LogP contribution is -2.26. The standard InChI is InChI=1S/C14H20N2O3/c1-10-8-11(14(17)18)9-13(15-10)19-7-5-12-4-3-6-16(12)2/h8-9,12H,3-7H2,1-2H3,(H,17,18). The number of aryl methyl sites for hydroxylation is 1. The van der Waals surface area contributed by atoms with Crippen molar-refractivity contribution in [3.05, 3.63) is 23.4 Å². The van der Waals surface area contributed by atoms with E-state index in [4.69, 9.17) is 9.84 Å². The Bertz CT molecular complexity index is 462. The lowest BCUT2D eigenvalue weighted by molar-refractivity contribution is 0.0696. The predicted molar refractivity (Wildman–Crippen MR) is 71.7 cm³/mol. The number of pyridine rings is 1. The zero-order valence-electron chi connectivity index (χ0n) is 11.4. The number of ether oxygens (including phenoxy) is 1. The molecule has 2 rings (SSSR count). The van der Waals surface area contributed by atoms with Gasteiger partial charge in [0.2, 0.25) is 5.88 Å². The Kier molecular flexibility index (Phi) is 4.37. The van der Waals surface area contributed by atoms with Crippen LogP contribution >= 0.6 is 0 Å². The van der Waals surface area contributed by atoms with Gasteiger partial charge in [0.25, 0.3) is 0 Å². The van der Waals surface area contributed by atoms with E-state index in [1.807, 2.05) is 0 Å². The minimum Gasteiger partial charge on any atom is -0.478 e. The van der Waals surface area contributed by atoms with Crippen LogP contribution in [0.5, 0.6) is 5.88 Å². The summed E-state index contributed by atoms with van der Waals surface area (Å²) < 4.78 is 5.59. The fourth-order valence-corrected chi connectivity index (χ4v) is 2.48. The topological polar surface area (TPSA) is 62.7 Å². The van der Waals surface area contributed by atoms with Crippen molar-refractivity contribution < 1.29 is 14.6 Å². The first-order valence-electron chi connectivity index (χ1n) is 6.61. The Hall–Kier alpha value is -1.62. The van der Waals surface area contributed by atoms with Crippen LogP contribution in [0.4, 0.5) is 0 Å². The van der Waals surface area contributed by atoms with Gasteiger partial charge in [-0.25, -0.2) is 9.78 Å². The lowest BCUT2D eigenvalue weighted by atomic mass is 10.1. The quantitative estimate of drug-likeness (QED) is 0.880. The summed E-state index contributed by atoms with van der Waals surface area (Å²) in [6, 6.07) is 3.59. The number of hydrogen-bond donors (Lipinski definition) is 1. The van der Waals surface area contributed by atoms with E-state index in [1.54, 1.807) is 13.0 Å². The maximum atomic E-state index is 10.9. The smallest absolute Gasteiger partial charge is 0.335 e. The molecule has 1 aromatic rings. The lowest BCUT2D eigenvalue weighted by Gasteiger charge is -2.19. The van der Waals surface area contributed by atoms with Crippen LogP contribution in [-0.2, 0) is 0 Å². The Balaban J connectivity index is 1.90. The molecular formula is C14H20N2O3. The van der Waals surface area contributed by atoms with Crippen molar-refractivity contribution in [3.63, 3.8) is 0 Å². The highest BCUT2D eigenvalue weighted by Gasteiger charge is 2.20. The van der Waals surface area contributed by atoms with Gasteiger partial charge in [-0.05, 0) is 45.8 Å². The summed E-state index contributed by atoms with van der Waals surface area (Å²) in [5.74, 6) is -0.552. The molecule has 1 saturated heterocycles. The average Bonchev–Trinajstić information content (AvgIpc) is 2.74. The molecule has 0 radical (unpaired) electrons. The molecule has 104 valence electrons. The van der Waals surface area contributed by atoms with E-state index in [2.05, 4.69) is 16.9 Å². The molecule has 0 amide bonds. The van der Waals surface area contributed by atoms with Gasteiger partial charge >= 0.3 is 5.97 Å². The molecule has 1 unspecified atom stereocenters. The second kappa shape index (κ2) is 6.02. The van der Waals surface area contributed by atoms with E-state index in [1.165, 1.54) is 18.9 Å². The van der Waals surface area contributed by atoms with Crippen molar-refractivity contribution in [3.8, 4) is 5.88 Å². The normalized spacial score (nSPS) is 19.6. The molecule has 1 fully saturated rings. The summed E-state index contributed by atoms with van der Waals surface area (Å²) in [4.78, 5) is 17.5. The summed E-state index contributed by atoms with van der Waals surface area (Å²) in [7, 11) is 2.13. The van der Waals surface area contributed by atoms with Crippen LogP contribution in [-0.4, -0.2) is 47.2 Å². The molecule has 0 spiro atoms. The highest BCUT2D eigenvalue weighted by molar-refractivity contribution is 5.87. The second-order valence-corrected chi connectivity index (χ2v) is 5.05. The molecular weight excluding hydrogens is 244 g/mol. The minimum absolute atomic E-state index is 0.223. The SMILES string of the molecule is Cc1cc(C(=O)O)cc(OCCC2CCCN2C)n1. The second-order valence-electron chi connectivity index (χ2n) is 5.05. The van der Waals surface area contributed by atoms with Crippen LogP contribution in [0.3, 0.4) is 0 Å². The van der Waals surface area contributed by atoms with E-state index < -0.39 is 5.97 Å². The van der Waals surface area contributed by atoms with E-state index in [0.717, 1.165) is 13.0 Å². The van der Waals surface area contributed by atoms with E-state index in [9.17, 15) is 4.79 Å². The largest absolute Gasteiger partial charge is 0.478 e. The Morgan fingerprint density at radius 2 is 2.37 bits per heavy atom. The first kappa shape index (κ1) is 13.8. The van der Waals surface area contributed by atoms with Crippen LogP contribution in [0.2, 0.25) is 0 Å². The Morgan fingerprint density at radius 1 is 1.58 bits per heavy atom. The number of hydrogen-bond acceptors (Lipinski definition) is 4. The van der Waals surface area contributed by atoms with Gasteiger partial charge in [-0.2, -0.15) is 0 Å². The summed E-state index contributed by atoms with van der Waals surface area (Å²) in [6.07, 6.45) is 3.41. The molecule has 1 aliphatic heterocycles. The predicted octanol–water partition coefficient (Wildman–Crippen LogP) is 1.95. The maximum absolute atomic E-state index is 10.9. The van der Waals surface area contributed by atoms with Crippen molar-refractivity contribution >= 4 is 5.97 Å². The molecule has 5 heteroatoms. The molecule has 1 aliphatic rings. The molecule has 1 aromatic heterocycles. The van der Waals surface area contributed by atoms with Gasteiger partial charge in [0.05, 0.1) is 12.2 Å². The average molecular weight is 264 g/mol. The van der Waals surface area contributed by atoms with Crippen LogP contribution in [0.25, 0.3) is 0 Å². The van der Waals surface area contributed by atoms with Gasteiger partial charge in [0, 0.05) is 17.8 Å². The van der Waals surface area contributed by atoms with Gasteiger partial charge in [-0.3, -0.25) is 0 Å². The van der Waals surface area contributed by atoms with Crippen LogP contribution in [0.1, 0.15) is 35.3 Å². The Morgan fingerprint density at radius 3 is 3.00 bits per heavy atom. The molecule has 19 heavy (non-hydrogen) atoms. The fraction of sp³-hybridized carbons (Fsp3) is 0.571. The van der Waals surface area contributed by atoms with Crippen molar-refractivity contribution in [2.45, 2.75) is 32.2 Å². The summed E-state index contributed by atoms with van der Waals surface area (Å²) in [6.45, 7) is 3.49. The first-order chi connectivity index (χ1) is 9.06. The monoisotopic (exact) mass is 264 g/mol. The highest BCUT2D eigenvalue weighted by atomic mass is 16.5. The molecule has 0 saturated carbocycles. The van der Waals surface area contributed by atoms with Gasteiger partial charge < -0.3 is 14.7 Å². The molecule has 2 heterocycles. The molecule has 1 N–H and O–H groups in total. The third-order valence-electron chi connectivity index (χ3n) is 3.55. The van der Waals surface area contributed by atoms with Crippen molar-refractivity contribution in [2.24, 2.45) is 0 Å². The molecule has 0 aromatic carbocycles. The van der Waals surface area contributed by atoms with Gasteiger partial charge in [0.1, 0.15) is 0 Å². The number of aromatic nitrogens is 1. The molecule has 0 aliphatic carbocycles. The van der Waals surface area contributed by atoms with Crippen molar-refractivity contribution in [2.75, 3.05) is 20.2 Å². The number of aromatic carboxylic acids is 1. The molecule has 0 bridgehead atoms. The van der Waals surface area contributed by atoms with Gasteiger partial charge in [0.15, 0.2) is 0 Å². The van der Waals surface area contributed by atoms with E-state index >= 15 is 0 Å². The van der Waals surface area contributed by atoms with Crippen LogP contribution in [0, 0.1) is 6.92 Å². The number of carboxylic acids is 1. The third kappa shape index (κ3) is 3.67. The number of rotatable bonds is 5. The van der Waals surface area contributed by atoms with E-state index in [0.29, 0.717) is 24.2 Å². The maximum Gasteiger partial charge on any atom is 0.335 e. The summed E-state index contributed by atoms with van der Waals surface area (Å²) in [5.41, 5.74) is 0.883.